The first-order valence-electron chi connectivity index (χ1n) is 8.02. The number of amides is 1. The Labute approximate surface area is 157 Å². The van der Waals surface area contributed by atoms with E-state index in [9.17, 15) is 14.1 Å². The normalized spacial score (nSPS) is 12.3. The minimum atomic E-state index is -2.84. The zero-order chi connectivity index (χ0) is 19.3. The van der Waals surface area contributed by atoms with Crippen LogP contribution in [-0.4, -0.2) is 26.5 Å². The standard InChI is InChI=1S/C21H16N2O3S/c1-27(26,20-5-3-2-4-6-20)23-21(25)18-13-17(14-22-15-18)8-7-16-9-11-19(24)12-10-16/h2-6,9-15,24H,1H3. The van der Waals surface area contributed by atoms with Crippen molar-refractivity contribution in [3.63, 3.8) is 0 Å². The molecule has 0 aliphatic heterocycles. The summed E-state index contributed by atoms with van der Waals surface area (Å²) in [5.41, 5.74) is 1.47. The average Bonchev–Trinajstić information content (AvgIpc) is 2.68. The van der Waals surface area contributed by atoms with Gasteiger partial charge in [-0.25, -0.2) is 4.21 Å². The third-order valence-electron chi connectivity index (χ3n) is 3.64. The van der Waals surface area contributed by atoms with Crippen LogP contribution in [0.2, 0.25) is 0 Å². The van der Waals surface area contributed by atoms with Crippen molar-refractivity contribution in [2.75, 3.05) is 6.26 Å². The van der Waals surface area contributed by atoms with E-state index in [0.717, 1.165) is 5.56 Å². The number of aromatic nitrogens is 1. The molecule has 1 amide bonds. The molecule has 1 heterocycles. The molecule has 1 unspecified atom stereocenters. The van der Waals surface area contributed by atoms with Crippen molar-refractivity contribution >= 4 is 15.6 Å². The predicted molar refractivity (Wildman–Crippen MR) is 104 cm³/mol. The Morgan fingerprint density at radius 3 is 2.37 bits per heavy atom. The number of hydrogen-bond donors (Lipinski definition) is 1. The highest BCUT2D eigenvalue weighted by Crippen LogP contribution is 2.13. The number of hydrogen-bond acceptors (Lipinski definition) is 4. The molecule has 0 saturated carbocycles. The number of benzene rings is 2. The van der Waals surface area contributed by atoms with Gasteiger partial charge < -0.3 is 5.11 Å². The van der Waals surface area contributed by atoms with Gasteiger partial charge in [-0.05, 0) is 42.5 Å². The molecule has 1 atom stereocenters. The molecule has 0 radical (unpaired) electrons. The van der Waals surface area contributed by atoms with Crippen molar-refractivity contribution < 1.29 is 14.1 Å². The number of carbonyl (C=O) groups is 1. The van der Waals surface area contributed by atoms with Gasteiger partial charge in [-0.15, -0.1) is 0 Å². The van der Waals surface area contributed by atoms with Crippen molar-refractivity contribution in [1.29, 1.82) is 0 Å². The highest BCUT2D eigenvalue weighted by Gasteiger charge is 2.11. The molecular weight excluding hydrogens is 360 g/mol. The van der Waals surface area contributed by atoms with Gasteiger partial charge in [0.25, 0.3) is 5.91 Å². The number of pyridine rings is 1. The van der Waals surface area contributed by atoms with Gasteiger partial charge in [-0.2, -0.15) is 4.36 Å². The smallest absolute Gasteiger partial charge is 0.286 e. The summed E-state index contributed by atoms with van der Waals surface area (Å²) in [6.07, 6.45) is 4.34. The van der Waals surface area contributed by atoms with E-state index >= 15 is 0 Å². The zero-order valence-corrected chi connectivity index (χ0v) is 15.3. The summed E-state index contributed by atoms with van der Waals surface area (Å²) >= 11 is 0. The Morgan fingerprint density at radius 2 is 1.67 bits per heavy atom. The SMILES string of the molecule is CS(=O)(=NC(=O)c1cncc(C#Cc2ccc(O)cc2)c1)c1ccccc1. The molecule has 3 rings (SSSR count). The van der Waals surface area contributed by atoms with Gasteiger partial charge in [-0.1, -0.05) is 30.0 Å². The summed E-state index contributed by atoms with van der Waals surface area (Å²) < 4.78 is 16.6. The highest BCUT2D eigenvalue weighted by molar-refractivity contribution is 7.93. The molecule has 134 valence electrons. The average molecular weight is 376 g/mol. The van der Waals surface area contributed by atoms with Crippen molar-refractivity contribution in [1.82, 2.24) is 4.98 Å². The van der Waals surface area contributed by atoms with E-state index in [-0.39, 0.29) is 11.3 Å². The summed E-state index contributed by atoms with van der Waals surface area (Å²) in [5.74, 6) is 5.40. The van der Waals surface area contributed by atoms with Gasteiger partial charge in [0, 0.05) is 34.7 Å². The van der Waals surface area contributed by atoms with Crippen LogP contribution in [0.5, 0.6) is 5.75 Å². The second-order valence-corrected chi connectivity index (χ2v) is 8.03. The lowest BCUT2D eigenvalue weighted by Crippen LogP contribution is -2.04. The molecule has 1 N–H and O–H groups in total. The van der Waals surface area contributed by atoms with Crippen molar-refractivity contribution in [2.24, 2.45) is 4.36 Å². The van der Waals surface area contributed by atoms with Gasteiger partial charge in [0.2, 0.25) is 0 Å². The van der Waals surface area contributed by atoms with E-state index < -0.39 is 15.6 Å². The van der Waals surface area contributed by atoms with Crippen LogP contribution in [0.3, 0.4) is 0 Å². The number of nitrogens with zero attached hydrogens (tertiary/aromatic N) is 2. The van der Waals surface area contributed by atoms with E-state index in [4.69, 9.17) is 0 Å². The van der Waals surface area contributed by atoms with E-state index in [1.165, 1.54) is 18.6 Å². The van der Waals surface area contributed by atoms with Crippen molar-refractivity contribution in [3.8, 4) is 17.6 Å². The first-order valence-corrected chi connectivity index (χ1v) is 9.94. The first-order chi connectivity index (χ1) is 12.9. The number of carbonyl (C=O) groups excluding carboxylic acids is 1. The number of phenols is 1. The summed E-state index contributed by atoms with van der Waals surface area (Å²) in [7, 11) is -2.84. The Balaban J connectivity index is 1.87. The van der Waals surface area contributed by atoms with Crippen LogP contribution in [0.4, 0.5) is 0 Å². The van der Waals surface area contributed by atoms with Crippen LogP contribution in [0.25, 0.3) is 0 Å². The maximum atomic E-state index is 12.7. The lowest BCUT2D eigenvalue weighted by Gasteiger charge is -2.03. The molecule has 27 heavy (non-hydrogen) atoms. The third-order valence-corrected chi connectivity index (χ3v) is 5.30. The summed E-state index contributed by atoms with van der Waals surface area (Å²) in [6.45, 7) is 0. The van der Waals surface area contributed by atoms with Gasteiger partial charge in [0.15, 0.2) is 0 Å². The molecule has 0 spiro atoms. The molecule has 1 aromatic heterocycles. The maximum Gasteiger partial charge on any atom is 0.286 e. The lowest BCUT2D eigenvalue weighted by atomic mass is 10.1. The molecule has 3 aromatic rings. The van der Waals surface area contributed by atoms with Crippen LogP contribution in [0.15, 0.2) is 82.3 Å². The zero-order valence-electron chi connectivity index (χ0n) is 14.5. The molecule has 0 aliphatic rings. The Morgan fingerprint density at radius 1 is 1.00 bits per heavy atom. The molecule has 0 fully saturated rings. The molecule has 6 heteroatoms. The fourth-order valence-corrected chi connectivity index (χ4v) is 3.44. The quantitative estimate of drug-likeness (QED) is 0.695. The summed E-state index contributed by atoms with van der Waals surface area (Å²) in [5, 5.41) is 9.28. The van der Waals surface area contributed by atoms with Crippen LogP contribution in [0, 0.1) is 11.8 Å². The Kier molecular flexibility index (Phi) is 5.34. The molecule has 5 nitrogen and oxygen atoms in total. The molecule has 0 saturated heterocycles. The van der Waals surface area contributed by atoms with Gasteiger partial charge in [-0.3, -0.25) is 9.78 Å². The van der Waals surface area contributed by atoms with E-state index in [2.05, 4.69) is 21.2 Å². The molecule has 2 aromatic carbocycles. The van der Waals surface area contributed by atoms with Gasteiger partial charge in [0.1, 0.15) is 5.75 Å². The molecule has 0 bridgehead atoms. The van der Waals surface area contributed by atoms with Crippen molar-refractivity contribution in [3.05, 3.63) is 89.7 Å². The Bertz CT molecular complexity index is 1150. The predicted octanol–water partition coefficient (Wildman–Crippen LogP) is 3.48. The van der Waals surface area contributed by atoms with Crippen LogP contribution in [0.1, 0.15) is 21.5 Å². The number of phenolic OH excluding ortho intramolecular Hbond substituents is 1. The van der Waals surface area contributed by atoms with Gasteiger partial charge >= 0.3 is 0 Å². The van der Waals surface area contributed by atoms with Gasteiger partial charge in [0.05, 0.1) is 15.3 Å². The summed E-state index contributed by atoms with van der Waals surface area (Å²) in [6, 6.07) is 16.7. The van der Waals surface area contributed by atoms with E-state index in [0.29, 0.717) is 10.5 Å². The largest absolute Gasteiger partial charge is 0.508 e. The Hall–Kier alpha value is -3.43. The number of rotatable bonds is 2. The highest BCUT2D eigenvalue weighted by atomic mass is 32.2. The fraction of sp³-hybridized carbons (Fsp3) is 0.0476. The summed E-state index contributed by atoms with van der Waals surface area (Å²) in [4.78, 5) is 16.9. The van der Waals surface area contributed by atoms with E-state index in [1.54, 1.807) is 60.7 Å². The third kappa shape index (κ3) is 4.81. The van der Waals surface area contributed by atoms with Crippen molar-refractivity contribution in [2.45, 2.75) is 4.90 Å². The van der Waals surface area contributed by atoms with Crippen LogP contribution >= 0.6 is 0 Å². The molecular formula is C21H16N2O3S. The minimum Gasteiger partial charge on any atom is -0.508 e. The van der Waals surface area contributed by atoms with E-state index in [1.807, 2.05) is 0 Å². The lowest BCUT2D eigenvalue weighted by molar-refractivity contribution is 0.100. The monoisotopic (exact) mass is 376 g/mol. The second-order valence-electron chi connectivity index (χ2n) is 5.77. The second kappa shape index (κ2) is 7.85. The minimum absolute atomic E-state index is 0.165. The topological polar surface area (TPSA) is 79.6 Å². The fourth-order valence-electron chi connectivity index (χ4n) is 2.25. The van der Waals surface area contributed by atoms with Crippen LogP contribution in [-0.2, 0) is 9.73 Å². The molecule has 0 aliphatic carbocycles. The first kappa shape index (κ1) is 18.4. The van der Waals surface area contributed by atoms with Crippen LogP contribution < -0.4 is 0 Å². The maximum absolute atomic E-state index is 12.7. The number of aromatic hydroxyl groups is 1.